The molecule has 2 aromatic carbocycles. The Labute approximate surface area is 123 Å². The monoisotopic (exact) mass is 279 g/mol. The molecule has 1 aromatic heterocycles. The molecule has 0 atom stereocenters. The number of amides is 1. The summed E-state index contributed by atoms with van der Waals surface area (Å²) in [6.07, 6.45) is 0. The molecule has 0 saturated carbocycles. The molecule has 0 aliphatic rings. The number of para-hydroxylation sites is 1. The minimum absolute atomic E-state index is 0.145. The van der Waals surface area contributed by atoms with E-state index in [-0.39, 0.29) is 5.91 Å². The van der Waals surface area contributed by atoms with Crippen molar-refractivity contribution in [2.45, 2.75) is 13.5 Å². The van der Waals surface area contributed by atoms with Gasteiger partial charge in [-0.05, 0) is 18.6 Å². The molecule has 1 heterocycles. The molecule has 0 saturated heterocycles. The summed E-state index contributed by atoms with van der Waals surface area (Å²) in [5, 5.41) is 8.13. The molecule has 1 N–H and O–H groups in total. The summed E-state index contributed by atoms with van der Waals surface area (Å²) in [6, 6.07) is 15.8. The van der Waals surface area contributed by atoms with Gasteiger partial charge in [0.15, 0.2) is 5.69 Å². The van der Waals surface area contributed by atoms with E-state index in [1.165, 1.54) is 5.56 Å². The summed E-state index contributed by atoms with van der Waals surface area (Å²) in [4.78, 5) is 12.3. The van der Waals surface area contributed by atoms with E-state index in [0.717, 1.165) is 16.5 Å². The molecule has 21 heavy (non-hydrogen) atoms. The van der Waals surface area contributed by atoms with Crippen LogP contribution in [0.4, 0.5) is 0 Å². The Morgan fingerprint density at radius 1 is 1.19 bits per heavy atom. The van der Waals surface area contributed by atoms with Crippen molar-refractivity contribution < 1.29 is 4.79 Å². The molecule has 3 rings (SSSR count). The molecule has 1 amide bonds. The first-order valence-electron chi connectivity index (χ1n) is 6.90. The smallest absolute Gasteiger partial charge is 0.272 e. The van der Waals surface area contributed by atoms with Crippen LogP contribution in [-0.2, 0) is 13.6 Å². The molecule has 0 radical (unpaired) electrons. The summed E-state index contributed by atoms with van der Waals surface area (Å²) in [6.45, 7) is 2.54. The molecule has 4 nitrogen and oxygen atoms in total. The number of nitrogens with zero attached hydrogens (tertiary/aromatic N) is 2. The van der Waals surface area contributed by atoms with Gasteiger partial charge in [-0.15, -0.1) is 0 Å². The summed E-state index contributed by atoms with van der Waals surface area (Å²) in [5.41, 5.74) is 3.70. The molecule has 106 valence electrons. The summed E-state index contributed by atoms with van der Waals surface area (Å²) < 4.78 is 1.73. The number of hydrogen-bond donors (Lipinski definition) is 1. The van der Waals surface area contributed by atoms with E-state index < -0.39 is 0 Å². The second-order valence-electron chi connectivity index (χ2n) is 5.16. The number of benzene rings is 2. The minimum Gasteiger partial charge on any atom is -0.347 e. The minimum atomic E-state index is -0.145. The lowest BCUT2D eigenvalue weighted by Crippen LogP contribution is -2.23. The Bertz CT molecular complexity index is 805. The van der Waals surface area contributed by atoms with Crippen LogP contribution in [0.1, 0.15) is 21.6 Å². The SMILES string of the molecule is Cc1cccc(CNC(=O)c2nn(C)c3ccccc23)c1. The van der Waals surface area contributed by atoms with E-state index in [9.17, 15) is 4.79 Å². The van der Waals surface area contributed by atoms with Crippen molar-refractivity contribution in [3.05, 3.63) is 65.4 Å². The summed E-state index contributed by atoms with van der Waals surface area (Å²) in [7, 11) is 1.85. The van der Waals surface area contributed by atoms with Crippen LogP contribution in [0.3, 0.4) is 0 Å². The summed E-state index contributed by atoms with van der Waals surface area (Å²) >= 11 is 0. The lowest BCUT2D eigenvalue weighted by Gasteiger charge is -2.04. The van der Waals surface area contributed by atoms with Gasteiger partial charge in [0.2, 0.25) is 0 Å². The third kappa shape index (κ3) is 2.65. The molecular formula is C17H17N3O. The third-order valence-electron chi connectivity index (χ3n) is 3.51. The first-order chi connectivity index (χ1) is 10.1. The van der Waals surface area contributed by atoms with Gasteiger partial charge in [-0.3, -0.25) is 9.48 Å². The quantitative estimate of drug-likeness (QED) is 0.801. The lowest BCUT2D eigenvalue weighted by molar-refractivity contribution is 0.0946. The topological polar surface area (TPSA) is 46.9 Å². The van der Waals surface area contributed by atoms with Crippen molar-refractivity contribution in [1.29, 1.82) is 0 Å². The first kappa shape index (κ1) is 13.4. The first-order valence-corrected chi connectivity index (χ1v) is 6.90. The highest BCUT2D eigenvalue weighted by molar-refractivity contribution is 6.04. The molecule has 0 spiro atoms. The zero-order valence-electron chi connectivity index (χ0n) is 12.1. The standard InChI is InChI=1S/C17H17N3O/c1-12-6-5-7-13(10-12)11-18-17(21)16-14-8-3-4-9-15(14)20(2)19-16/h3-10H,11H2,1-2H3,(H,18,21). The number of aryl methyl sites for hydroxylation is 2. The van der Waals surface area contributed by atoms with Gasteiger partial charge in [0.1, 0.15) is 0 Å². The van der Waals surface area contributed by atoms with Gasteiger partial charge >= 0.3 is 0 Å². The van der Waals surface area contributed by atoms with Gasteiger partial charge in [-0.1, -0.05) is 48.0 Å². The third-order valence-corrected chi connectivity index (χ3v) is 3.51. The van der Waals surface area contributed by atoms with E-state index in [0.29, 0.717) is 12.2 Å². The Hall–Kier alpha value is -2.62. The maximum absolute atomic E-state index is 12.3. The Kier molecular flexibility index (Phi) is 3.44. The van der Waals surface area contributed by atoms with Gasteiger partial charge in [0.05, 0.1) is 5.52 Å². The van der Waals surface area contributed by atoms with Crippen LogP contribution in [-0.4, -0.2) is 15.7 Å². The van der Waals surface area contributed by atoms with Crippen molar-refractivity contribution in [3.8, 4) is 0 Å². The molecular weight excluding hydrogens is 262 g/mol. The van der Waals surface area contributed by atoms with Crippen molar-refractivity contribution in [2.24, 2.45) is 7.05 Å². The number of rotatable bonds is 3. The fraction of sp³-hybridized carbons (Fsp3) is 0.176. The van der Waals surface area contributed by atoms with Gasteiger partial charge in [-0.2, -0.15) is 5.10 Å². The van der Waals surface area contributed by atoms with Crippen molar-refractivity contribution in [2.75, 3.05) is 0 Å². The largest absolute Gasteiger partial charge is 0.347 e. The van der Waals surface area contributed by atoms with E-state index in [4.69, 9.17) is 0 Å². The number of fused-ring (bicyclic) bond motifs is 1. The zero-order valence-corrected chi connectivity index (χ0v) is 12.1. The molecule has 0 fully saturated rings. The highest BCUT2D eigenvalue weighted by atomic mass is 16.1. The van der Waals surface area contributed by atoms with Crippen molar-refractivity contribution in [3.63, 3.8) is 0 Å². The van der Waals surface area contributed by atoms with Crippen LogP contribution in [0.5, 0.6) is 0 Å². The van der Waals surface area contributed by atoms with E-state index in [1.807, 2.05) is 56.4 Å². The average molecular weight is 279 g/mol. The Balaban J connectivity index is 1.81. The van der Waals surface area contributed by atoms with Crippen molar-refractivity contribution >= 4 is 16.8 Å². The molecule has 4 heteroatoms. The zero-order chi connectivity index (χ0) is 14.8. The number of nitrogens with one attached hydrogen (secondary N) is 1. The van der Waals surface area contributed by atoms with Crippen molar-refractivity contribution in [1.82, 2.24) is 15.1 Å². The molecule has 0 bridgehead atoms. The number of carbonyl (C=O) groups is 1. The van der Waals surface area contributed by atoms with Crippen LogP contribution >= 0.6 is 0 Å². The highest BCUT2D eigenvalue weighted by Crippen LogP contribution is 2.17. The Morgan fingerprint density at radius 2 is 2.00 bits per heavy atom. The molecule has 0 aliphatic heterocycles. The normalized spacial score (nSPS) is 10.8. The average Bonchev–Trinajstić information content (AvgIpc) is 2.83. The fourth-order valence-electron chi connectivity index (χ4n) is 2.47. The van der Waals surface area contributed by atoms with E-state index >= 15 is 0 Å². The molecule has 0 unspecified atom stereocenters. The number of hydrogen-bond acceptors (Lipinski definition) is 2. The van der Waals surface area contributed by atoms with Gasteiger partial charge < -0.3 is 5.32 Å². The number of carbonyl (C=O) groups excluding carboxylic acids is 1. The van der Waals surface area contributed by atoms with Crippen LogP contribution in [0.15, 0.2) is 48.5 Å². The maximum Gasteiger partial charge on any atom is 0.272 e. The Morgan fingerprint density at radius 3 is 2.81 bits per heavy atom. The maximum atomic E-state index is 12.3. The molecule has 0 aliphatic carbocycles. The summed E-state index contributed by atoms with van der Waals surface area (Å²) in [5.74, 6) is -0.145. The second-order valence-corrected chi connectivity index (χ2v) is 5.16. The van der Waals surface area contributed by atoms with Crippen LogP contribution in [0, 0.1) is 6.92 Å². The predicted octanol–water partition coefficient (Wildman–Crippen LogP) is 2.81. The van der Waals surface area contributed by atoms with E-state index in [1.54, 1.807) is 4.68 Å². The second kappa shape index (κ2) is 5.40. The van der Waals surface area contributed by atoms with Crippen LogP contribution in [0.25, 0.3) is 10.9 Å². The number of aromatic nitrogens is 2. The fourth-order valence-corrected chi connectivity index (χ4v) is 2.47. The van der Waals surface area contributed by atoms with Gasteiger partial charge in [-0.25, -0.2) is 0 Å². The van der Waals surface area contributed by atoms with Gasteiger partial charge in [0.25, 0.3) is 5.91 Å². The highest BCUT2D eigenvalue weighted by Gasteiger charge is 2.15. The van der Waals surface area contributed by atoms with E-state index in [2.05, 4.69) is 16.5 Å². The van der Waals surface area contributed by atoms with Crippen LogP contribution in [0.2, 0.25) is 0 Å². The van der Waals surface area contributed by atoms with Crippen LogP contribution < -0.4 is 5.32 Å². The predicted molar refractivity (Wildman–Crippen MR) is 83.1 cm³/mol. The molecule has 3 aromatic rings. The van der Waals surface area contributed by atoms with Gasteiger partial charge in [0, 0.05) is 19.0 Å². The lowest BCUT2D eigenvalue weighted by atomic mass is 10.1.